The highest BCUT2D eigenvalue weighted by molar-refractivity contribution is 14.0. The summed E-state index contributed by atoms with van der Waals surface area (Å²) in [7, 11) is -3.63. The molecule has 0 atom stereocenters. The second-order valence-corrected chi connectivity index (χ2v) is 9.16. The van der Waals surface area contributed by atoms with Crippen LogP contribution in [0.5, 0.6) is 0 Å². The lowest BCUT2D eigenvalue weighted by atomic mass is 10.1. The summed E-state index contributed by atoms with van der Waals surface area (Å²) in [5.74, 6) is 0.561. The van der Waals surface area contributed by atoms with Gasteiger partial charge in [0.25, 0.3) is 0 Å². The van der Waals surface area contributed by atoms with Gasteiger partial charge in [-0.2, -0.15) is 17.5 Å². The number of hydrogen-bond acceptors (Lipinski definition) is 3. The number of hydrogen-bond donors (Lipinski definition) is 3. The van der Waals surface area contributed by atoms with Gasteiger partial charge in [-0.3, -0.25) is 4.99 Å². The number of para-hydroxylation sites is 1. The molecule has 3 N–H and O–H groups in total. The molecule has 0 aliphatic carbocycles. The van der Waals surface area contributed by atoms with Crippen LogP contribution in [0.2, 0.25) is 0 Å². The Balaban J connectivity index is 0.00000341. The monoisotopic (exact) mass is 573 g/mol. The smallest absolute Gasteiger partial charge is 0.361 e. The van der Waals surface area contributed by atoms with Crippen molar-refractivity contribution in [3.63, 3.8) is 0 Å². The van der Waals surface area contributed by atoms with Crippen molar-refractivity contribution in [2.45, 2.75) is 37.2 Å². The third kappa shape index (κ3) is 6.25. The quantitative estimate of drug-likeness (QED) is 0.215. The molecule has 0 saturated carbocycles. The van der Waals surface area contributed by atoms with Crippen LogP contribution in [-0.2, 0) is 16.4 Å². The number of H-pyrrole nitrogens is 1. The van der Waals surface area contributed by atoms with Gasteiger partial charge in [0, 0.05) is 49.8 Å². The number of rotatable bonds is 6. The summed E-state index contributed by atoms with van der Waals surface area (Å²) in [5, 5.41) is 7.59. The number of aliphatic imine (C=N–C) groups is 1. The van der Waals surface area contributed by atoms with E-state index in [2.05, 4.69) is 26.7 Å². The zero-order valence-corrected chi connectivity index (χ0v) is 20.2. The van der Waals surface area contributed by atoms with E-state index >= 15 is 0 Å². The minimum Gasteiger partial charge on any atom is -0.361 e. The van der Waals surface area contributed by atoms with Crippen LogP contribution in [0, 0.1) is 0 Å². The first kappa shape index (κ1) is 25.7. The second kappa shape index (κ2) is 10.9. The van der Waals surface area contributed by atoms with E-state index in [9.17, 15) is 21.6 Å². The molecule has 0 spiro atoms. The van der Waals surface area contributed by atoms with Gasteiger partial charge in [-0.25, -0.2) is 8.42 Å². The van der Waals surface area contributed by atoms with E-state index in [1.165, 1.54) is 10.9 Å². The van der Waals surface area contributed by atoms with Crippen LogP contribution in [0.25, 0.3) is 10.9 Å². The first-order chi connectivity index (χ1) is 14.2. The molecule has 0 amide bonds. The van der Waals surface area contributed by atoms with Gasteiger partial charge in [-0.05, 0) is 37.3 Å². The number of aromatic amines is 1. The Morgan fingerprint density at radius 1 is 1.26 bits per heavy atom. The Morgan fingerprint density at radius 2 is 1.94 bits per heavy atom. The molecule has 3 rings (SSSR count). The number of fused-ring (bicyclic) bond motifs is 1. The average molecular weight is 573 g/mol. The lowest BCUT2D eigenvalue weighted by molar-refractivity contribution is -0.0494. The van der Waals surface area contributed by atoms with Crippen molar-refractivity contribution < 1.29 is 21.6 Å². The standard InChI is InChI=1S/C19H26F3N5O2S.HI/c1-23-18(24-10-4-5-14-13-25-17-7-3-2-6-16(14)17)26-15-8-11-27(12-9-15)30(28,29)19(20,21)22;/h2-3,6-7,13,15,25H,4-5,8-12H2,1H3,(H2,23,24,26);1H. The van der Waals surface area contributed by atoms with Crippen LogP contribution in [0.15, 0.2) is 35.5 Å². The molecule has 0 radical (unpaired) electrons. The highest BCUT2D eigenvalue weighted by Gasteiger charge is 2.50. The highest BCUT2D eigenvalue weighted by Crippen LogP contribution is 2.29. The largest absolute Gasteiger partial charge is 0.511 e. The SMILES string of the molecule is CN=C(NCCCc1c[nH]c2ccccc12)NC1CCN(S(=O)(=O)C(F)(F)F)CC1.I. The molecule has 7 nitrogen and oxygen atoms in total. The molecule has 1 saturated heterocycles. The van der Waals surface area contributed by atoms with Crippen LogP contribution in [0.4, 0.5) is 13.2 Å². The predicted molar refractivity (Wildman–Crippen MR) is 126 cm³/mol. The number of nitrogens with zero attached hydrogens (tertiary/aromatic N) is 2. The molecule has 1 aromatic carbocycles. The lowest BCUT2D eigenvalue weighted by Crippen LogP contribution is -2.51. The highest BCUT2D eigenvalue weighted by atomic mass is 127. The maximum atomic E-state index is 12.7. The normalized spacial score (nSPS) is 16.8. The molecule has 31 heavy (non-hydrogen) atoms. The molecule has 1 fully saturated rings. The van der Waals surface area contributed by atoms with Crippen molar-refractivity contribution in [2.24, 2.45) is 4.99 Å². The van der Waals surface area contributed by atoms with E-state index in [0.29, 0.717) is 16.8 Å². The zero-order chi connectivity index (χ0) is 21.8. The van der Waals surface area contributed by atoms with Crippen molar-refractivity contribution in [3.8, 4) is 0 Å². The second-order valence-electron chi connectivity index (χ2n) is 7.23. The molecular weight excluding hydrogens is 546 g/mol. The van der Waals surface area contributed by atoms with E-state index in [-0.39, 0.29) is 55.9 Å². The third-order valence-corrected chi connectivity index (χ3v) is 6.87. The van der Waals surface area contributed by atoms with Crippen LogP contribution in [-0.4, -0.2) is 61.9 Å². The number of guanidine groups is 1. The van der Waals surface area contributed by atoms with Crippen molar-refractivity contribution in [1.29, 1.82) is 0 Å². The fourth-order valence-electron chi connectivity index (χ4n) is 3.60. The first-order valence-corrected chi connectivity index (χ1v) is 11.2. The molecule has 1 aliphatic heterocycles. The zero-order valence-electron chi connectivity index (χ0n) is 17.1. The van der Waals surface area contributed by atoms with E-state index in [1.807, 2.05) is 24.4 Å². The van der Waals surface area contributed by atoms with Gasteiger partial charge in [0.2, 0.25) is 0 Å². The number of aryl methyl sites for hydroxylation is 1. The number of nitrogens with one attached hydrogen (secondary N) is 3. The van der Waals surface area contributed by atoms with Crippen LogP contribution >= 0.6 is 24.0 Å². The number of halogens is 4. The average Bonchev–Trinajstić information content (AvgIpc) is 3.13. The topological polar surface area (TPSA) is 89.6 Å². The Labute approximate surface area is 196 Å². The predicted octanol–water partition coefficient (Wildman–Crippen LogP) is 3.20. The summed E-state index contributed by atoms with van der Waals surface area (Å²) in [6, 6.07) is 7.98. The van der Waals surface area contributed by atoms with Gasteiger partial charge < -0.3 is 15.6 Å². The minimum absolute atomic E-state index is 0. The minimum atomic E-state index is -5.25. The molecule has 2 heterocycles. The molecule has 174 valence electrons. The van der Waals surface area contributed by atoms with E-state index in [1.54, 1.807) is 7.05 Å². The van der Waals surface area contributed by atoms with E-state index in [0.717, 1.165) is 18.4 Å². The number of piperidine rings is 1. The molecule has 1 aromatic heterocycles. The molecule has 12 heteroatoms. The van der Waals surface area contributed by atoms with E-state index in [4.69, 9.17) is 0 Å². The number of benzene rings is 1. The van der Waals surface area contributed by atoms with Crippen molar-refractivity contribution in [2.75, 3.05) is 26.7 Å². The Morgan fingerprint density at radius 3 is 2.58 bits per heavy atom. The van der Waals surface area contributed by atoms with Crippen LogP contribution in [0.3, 0.4) is 0 Å². The van der Waals surface area contributed by atoms with Crippen molar-refractivity contribution in [1.82, 2.24) is 19.9 Å². The Bertz CT molecular complexity index is 986. The molecular formula is C19H27F3IN5O2S. The maximum Gasteiger partial charge on any atom is 0.511 e. The summed E-state index contributed by atoms with van der Waals surface area (Å²) in [5.41, 5.74) is -2.90. The van der Waals surface area contributed by atoms with Crippen molar-refractivity contribution in [3.05, 3.63) is 36.0 Å². The summed E-state index contributed by atoms with van der Waals surface area (Å²) < 4.78 is 61.5. The van der Waals surface area contributed by atoms with Gasteiger partial charge in [0.15, 0.2) is 5.96 Å². The van der Waals surface area contributed by atoms with E-state index < -0.39 is 15.5 Å². The fraction of sp³-hybridized carbons (Fsp3) is 0.526. The maximum absolute atomic E-state index is 12.7. The fourth-order valence-corrected chi connectivity index (χ4v) is 4.58. The first-order valence-electron chi connectivity index (χ1n) is 9.81. The van der Waals surface area contributed by atoms with Crippen molar-refractivity contribution >= 4 is 50.9 Å². The van der Waals surface area contributed by atoms with Crippen LogP contribution in [0.1, 0.15) is 24.8 Å². The number of aromatic nitrogens is 1. The summed E-state index contributed by atoms with van der Waals surface area (Å²) in [4.78, 5) is 7.40. The summed E-state index contributed by atoms with van der Waals surface area (Å²) >= 11 is 0. The lowest BCUT2D eigenvalue weighted by Gasteiger charge is -2.32. The Kier molecular flexibility index (Phi) is 9.01. The van der Waals surface area contributed by atoms with Gasteiger partial charge in [0.1, 0.15) is 0 Å². The molecule has 0 bridgehead atoms. The summed E-state index contributed by atoms with van der Waals surface area (Å²) in [6.07, 6.45) is 4.35. The van der Waals surface area contributed by atoms with Gasteiger partial charge in [-0.15, -0.1) is 24.0 Å². The summed E-state index contributed by atoms with van der Waals surface area (Å²) in [6.45, 7) is 0.342. The third-order valence-electron chi connectivity index (χ3n) is 5.24. The number of sulfonamides is 1. The molecule has 1 aliphatic rings. The Hall–Kier alpha value is -1.54. The van der Waals surface area contributed by atoms with Gasteiger partial charge in [-0.1, -0.05) is 18.2 Å². The number of alkyl halides is 3. The van der Waals surface area contributed by atoms with Crippen LogP contribution < -0.4 is 10.6 Å². The van der Waals surface area contributed by atoms with Gasteiger partial charge >= 0.3 is 15.5 Å². The molecule has 0 unspecified atom stereocenters. The molecule has 2 aromatic rings. The van der Waals surface area contributed by atoms with Gasteiger partial charge in [0.05, 0.1) is 0 Å².